The molecule has 2 fully saturated rings. The van der Waals surface area contributed by atoms with Gasteiger partial charge in [-0.2, -0.15) is 0 Å². The zero-order valence-corrected chi connectivity index (χ0v) is 17.1. The molecule has 1 aliphatic heterocycles. The van der Waals surface area contributed by atoms with Gasteiger partial charge in [0, 0.05) is 18.9 Å². The summed E-state index contributed by atoms with van der Waals surface area (Å²) in [5, 5.41) is 11.5. The maximum absolute atomic E-state index is 13.2. The van der Waals surface area contributed by atoms with Crippen LogP contribution in [0.5, 0.6) is 0 Å². The molecule has 4 rings (SSSR count). The second-order valence-electron chi connectivity index (χ2n) is 8.13. The molecule has 7 nitrogen and oxygen atoms in total. The molecule has 2 aliphatic rings. The molecular weight excluding hydrogens is 382 g/mol. The van der Waals surface area contributed by atoms with Crippen molar-refractivity contribution in [2.45, 2.75) is 50.4 Å². The summed E-state index contributed by atoms with van der Waals surface area (Å²) < 4.78 is 11.1. The second-order valence-corrected chi connectivity index (χ2v) is 8.13. The topological polar surface area (TPSA) is 101 Å². The van der Waals surface area contributed by atoms with Crippen molar-refractivity contribution in [3.05, 3.63) is 60.1 Å². The first-order valence-corrected chi connectivity index (χ1v) is 10.6. The SMILES string of the molecule is NC(=NCc1ccco1)N1CCC(OC(=O)C(O)(c2ccccc2)C2CCCC2)C1. The maximum atomic E-state index is 13.2. The zero-order valence-electron chi connectivity index (χ0n) is 17.1. The fraction of sp³-hybridized carbons (Fsp3) is 0.478. The molecule has 1 aliphatic carbocycles. The Hall–Kier alpha value is -2.80. The fourth-order valence-electron chi connectivity index (χ4n) is 4.49. The first-order chi connectivity index (χ1) is 14.6. The highest BCUT2D eigenvalue weighted by molar-refractivity contribution is 5.82. The van der Waals surface area contributed by atoms with E-state index in [1.165, 1.54) is 0 Å². The summed E-state index contributed by atoms with van der Waals surface area (Å²) >= 11 is 0. The third kappa shape index (κ3) is 4.21. The van der Waals surface area contributed by atoms with Crippen molar-refractivity contribution in [1.29, 1.82) is 0 Å². The van der Waals surface area contributed by atoms with E-state index in [1.807, 2.05) is 35.2 Å². The van der Waals surface area contributed by atoms with E-state index in [2.05, 4.69) is 4.99 Å². The summed E-state index contributed by atoms with van der Waals surface area (Å²) in [5.41, 5.74) is 5.11. The Labute approximate surface area is 176 Å². The fourth-order valence-corrected chi connectivity index (χ4v) is 4.49. The van der Waals surface area contributed by atoms with Gasteiger partial charge in [-0.25, -0.2) is 9.79 Å². The summed E-state index contributed by atoms with van der Waals surface area (Å²) in [5.74, 6) is 0.465. The van der Waals surface area contributed by atoms with Crippen LogP contribution in [0.1, 0.15) is 43.4 Å². The van der Waals surface area contributed by atoms with Gasteiger partial charge in [-0.1, -0.05) is 43.2 Å². The number of aliphatic imine (C=N–C) groups is 1. The molecule has 0 radical (unpaired) electrons. The number of likely N-dealkylation sites (tertiary alicyclic amines) is 1. The summed E-state index contributed by atoms with van der Waals surface area (Å²) in [7, 11) is 0. The normalized spacial score (nSPS) is 22.2. The van der Waals surface area contributed by atoms with Crippen LogP contribution in [-0.2, 0) is 21.7 Å². The Bertz CT molecular complexity index is 862. The molecule has 0 amide bonds. The third-order valence-electron chi connectivity index (χ3n) is 6.19. The van der Waals surface area contributed by atoms with E-state index < -0.39 is 11.6 Å². The number of guanidine groups is 1. The first-order valence-electron chi connectivity index (χ1n) is 10.6. The molecule has 1 aromatic heterocycles. The number of rotatable bonds is 6. The van der Waals surface area contributed by atoms with Crippen molar-refractivity contribution >= 4 is 11.9 Å². The average Bonchev–Trinajstić information content (AvgIpc) is 3.55. The minimum atomic E-state index is -1.61. The van der Waals surface area contributed by atoms with Crippen molar-refractivity contribution < 1.29 is 19.1 Å². The van der Waals surface area contributed by atoms with Crippen molar-refractivity contribution in [2.24, 2.45) is 16.6 Å². The Balaban J connectivity index is 1.41. The minimum absolute atomic E-state index is 0.121. The van der Waals surface area contributed by atoms with Gasteiger partial charge in [0.25, 0.3) is 0 Å². The molecule has 1 saturated carbocycles. The average molecular weight is 412 g/mol. The highest BCUT2D eigenvalue weighted by Crippen LogP contribution is 2.41. The molecule has 7 heteroatoms. The number of carbonyl (C=O) groups is 1. The van der Waals surface area contributed by atoms with E-state index in [0.717, 1.165) is 31.4 Å². The number of aliphatic hydroxyl groups is 1. The van der Waals surface area contributed by atoms with Crippen molar-refractivity contribution in [3.63, 3.8) is 0 Å². The van der Waals surface area contributed by atoms with Crippen LogP contribution in [0, 0.1) is 5.92 Å². The Morgan fingerprint density at radius 3 is 2.67 bits per heavy atom. The molecule has 0 bridgehead atoms. The van der Waals surface area contributed by atoms with Crippen LogP contribution in [0.4, 0.5) is 0 Å². The summed E-state index contributed by atoms with van der Waals surface area (Å²) in [6.45, 7) is 1.49. The van der Waals surface area contributed by atoms with Crippen LogP contribution in [0.2, 0.25) is 0 Å². The van der Waals surface area contributed by atoms with Crippen LogP contribution < -0.4 is 5.73 Å². The summed E-state index contributed by atoms with van der Waals surface area (Å²) in [6.07, 6.45) is 5.61. The Morgan fingerprint density at radius 2 is 1.97 bits per heavy atom. The van der Waals surface area contributed by atoms with E-state index in [4.69, 9.17) is 14.9 Å². The van der Waals surface area contributed by atoms with Crippen molar-refractivity contribution in [2.75, 3.05) is 13.1 Å². The predicted octanol–water partition coefficient (Wildman–Crippen LogP) is 2.79. The predicted molar refractivity (Wildman–Crippen MR) is 112 cm³/mol. The number of nitrogens with zero attached hydrogens (tertiary/aromatic N) is 2. The van der Waals surface area contributed by atoms with Crippen molar-refractivity contribution in [3.8, 4) is 0 Å². The number of hydrogen-bond donors (Lipinski definition) is 2. The number of furan rings is 1. The number of ether oxygens (including phenoxy) is 1. The molecular formula is C23H29N3O4. The van der Waals surface area contributed by atoms with Crippen molar-refractivity contribution in [1.82, 2.24) is 4.90 Å². The smallest absolute Gasteiger partial charge is 0.343 e. The van der Waals surface area contributed by atoms with Gasteiger partial charge in [-0.3, -0.25) is 0 Å². The highest BCUT2D eigenvalue weighted by Gasteiger charge is 2.48. The molecule has 2 aromatic rings. The molecule has 2 atom stereocenters. The second kappa shape index (κ2) is 8.92. The number of benzene rings is 1. The molecule has 3 N–H and O–H groups in total. The lowest BCUT2D eigenvalue weighted by Crippen LogP contribution is -2.45. The molecule has 2 heterocycles. The Kier molecular flexibility index (Phi) is 6.08. The van der Waals surface area contributed by atoms with E-state index in [1.54, 1.807) is 18.4 Å². The number of carbonyl (C=O) groups excluding carboxylic acids is 1. The molecule has 30 heavy (non-hydrogen) atoms. The van der Waals surface area contributed by atoms with Gasteiger partial charge in [0.1, 0.15) is 18.4 Å². The lowest BCUT2D eigenvalue weighted by molar-refractivity contribution is -0.178. The molecule has 1 saturated heterocycles. The van der Waals surface area contributed by atoms with E-state index in [0.29, 0.717) is 37.6 Å². The van der Waals surface area contributed by atoms with Gasteiger partial charge in [-0.05, 0) is 30.5 Å². The number of hydrogen-bond acceptors (Lipinski definition) is 5. The molecule has 2 unspecified atom stereocenters. The van der Waals surface area contributed by atoms with Gasteiger partial charge < -0.3 is 24.9 Å². The lowest BCUT2D eigenvalue weighted by atomic mass is 9.80. The minimum Gasteiger partial charge on any atom is -0.467 e. The van der Waals surface area contributed by atoms with Crippen LogP contribution in [0.15, 0.2) is 58.1 Å². The van der Waals surface area contributed by atoms with Gasteiger partial charge >= 0.3 is 5.97 Å². The van der Waals surface area contributed by atoms with Crippen LogP contribution in [0.3, 0.4) is 0 Å². The van der Waals surface area contributed by atoms with E-state index in [9.17, 15) is 9.90 Å². The van der Waals surface area contributed by atoms with E-state index >= 15 is 0 Å². The van der Waals surface area contributed by atoms with Crippen LogP contribution in [0.25, 0.3) is 0 Å². The maximum Gasteiger partial charge on any atom is 0.343 e. The summed E-state index contributed by atoms with van der Waals surface area (Å²) in [4.78, 5) is 19.5. The number of nitrogens with two attached hydrogens (primary N) is 1. The first kappa shape index (κ1) is 20.5. The standard InChI is InChI=1S/C23H29N3O4/c24-22(25-15-19-11-6-14-29-19)26-13-12-20(16-26)30-21(27)23(28,18-9-4-5-10-18)17-7-2-1-3-8-17/h1-3,6-8,11,14,18,20,28H,4-5,9-10,12-13,15-16H2,(H2,24,25). The molecule has 160 valence electrons. The number of esters is 1. The van der Waals surface area contributed by atoms with Gasteiger partial charge in [-0.15, -0.1) is 0 Å². The Morgan fingerprint density at radius 1 is 1.20 bits per heavy atom. The van der Waals surface area contributed by atoms with Crippen LogP contribution >= 0.6 is 0 Å². The monoisotopic (exact) mass is 411 g/mol. The molecule has 0 spiro atoms. The summed E-state index contributed by atoms with van der Waals surface area (Å²) in [6, 6.07) is 12.8. The quantitative estimate of drug-likeness (QED) is 0.431. The largest absolute Gasteiger partial charge is 0.467 e. The van der Waals surface area contributed by atoms with Gasteiger partial charge in [0.2, 0.25) is 0 Å². The zero-order chi connectivity index (χ0) is 21.0. The van der Waals surface area contributed by atoms with E-state index in [-0.39, 0.29) is 12.0 Å². The molecule has 1 aromatic carbocycles. The highest BCUT2D eigenvalue weighted by atomic mass is 16.6. The van der Waals surface area contributed by atoms with Gasteiger partial charge in [0.05, 0.1) is 12.8 Å². The third-order valence-corrected chi connectivity index (χ3v) is 6.19. The lowest BCUT2D eigenvalue weighted by Gasteiger charge is -2.33. The van der Waals surface area contributed by atoms with Gasteiger partial charge in [0.15, 0.2) is 11.6 Å². The van der Waals surface area contributed by atoms with Crippen LogP contribution in [-0.4, -0.2) is 41.1 Å².